The standard InChI is InChI=1S/C15H20N2O/c1-11(2)14-7-4-8-17(14)15(18)13-6-3-5-12(9-13)10-16/h3-7,9,11,14H,8,10,16H2,1-2H3/t14-/m0/s1. The maximum Gasteiger partial charge on any atom is 0.254 e. The van der Waals surface area contributed by atoms with Crippen molar-refractivity contribution < 1.29 is 4.79 Å². The molecule has 0 aromatic heterocycles. The summed E-state index contributed by atoms with van der Waals surface area (Å²) in [5.41, 5.74) is 7.33. The maximum absolute atomic E-state index is 12.5. The molecular formula is C15H20N2O. The molecule has 3 nitrogen and oxygen atoms in total. The molecule has 0 radical (unpaired) electrons. The number of carbonyl (C=O) groups excluding carboxylic acids is 1. The van der Waals surface area contributed by atoms with Crippen LogP contribution in [0.1, 0.15) is 29.8 Å². The first-order valence-electron chi connectivity index (χ1n) is 6.40. The maximum atomic E-state index is 12.5. The molecule has 0 unspecified atom stereocenters. The minimum atomic E-state index is 0.0917. The molecule has 96 valence electrons. The quantitative estimate of drug-likeness (QED) is 0.828. The van der Waals surface area contributed by atoms with E-state index in [2.05, 4.69) is 26.0 Å². The Morgan fingerprint density at radius 1 is 1.50 bits per heavy atom. The number of nitrogens with two attached hydrogens (primary N) is 1. The third-order valence-electron chi connectivity index (χ3n) is 3.35. The van der Waals surface area contributed by atoms with Gasteiger partial charge in [0, 0.05) is 18.7 Å². The van der Waals surface area contributed by atoms with Gasteiger partial charge in [-0.05, 0) is 23.6 Å². The largest absolute Gasteiger partial charge is 0.328 e. The summed E-state index contributed by atoms with van der Waals surface area (Å²) in [5.74, 6) is 0.527. The zero-order valence-corrected chi connectivity index (χ0v) is 11.0. The van der Waals surface area contributed by atoms with Gasteiger partial charge in [-0.2, -0.15) is 0 Å². The molecule has 0 fully saturated rings. The van der Waals surface area contributed by atoms with E-state index in [0.29, 0.717) is 19.0 Å². The first kappa shape index (κ1) is 12.8. The molecule has 0 bridgehead atoms. The highest BCUT2D eigenvalue weighted by molar-refractivity contribution is 5.95. The zero-order valence-electron chi connectivity index (χ0n) is 11.0. The van der Waals surface area contributed by atoms with Crippen molar-refractivity contribution in [3.63, 3.8) is 0 Å². The lowest BCUT2D eigenvalue weighted by Gasteiger charge is -2.27. The van der Waals surface area contributed by atoms with Crippen LogP contribution in [0.25, 0.3) is 0 Å². The van der Waals surface area contributed by atoms with Crippen LogP contribution in [0.3, 0.4) is 0 Å². The second-order valence-electron chi connectivity index (χ2n) is 5.02. The predicted molar refractivity (Wildman–Crippen MR) is 73.1 cm³/mol. The van der Waals surface area contributed by atoms with Gasteiger partial charge in [-0.3, -0.25) is 4.79 Å². The number of carbonyl (C=O) groups is 1. The Bertz CT molecular complexity index is 465. The monoisotopic (exact) mass is 244 g/mol. The Labute approximate surface area is 108 Å². The van der Waals surface area contributed by atoms with Crippen molar-refractivity contribution >= 4 is 5.91 Å². The molecule has 1 aliphatic rings. The molecule has 1 atom stereocenters. The van der Waals surface area contributed by atoms with E-state index in [-0.39, 0.29) is 11.9 Å². The summed E-state index contributed by atoms with van der Waals surface area (Å²) in [6, 6.07) is 7.79. The summed E-state index contributed by atoms with van der Waals surface area (Å²) < 4.78 is 0. The van der Waals surface area contributed by atoms with Crippen molar-refractivity contribution in [2.45, 2.75) is 26.4 Å². The summed E-state index contributed by atoms with van der Waals surface area (Å²) in [7, 11) is 0. The molecule has 1 aliphatic heterocycles. The topological polar surface area (TPSA) is 46.3 Å². The van der Waals surface area contributed by atoms with Crippen LogP contribution in [0.2, 0.25) is 0 Å². The van der Waals surface area contributed by atoms with Gasteiger partial charge in [0.1, 0.15) is 0 Å². The number of hydrogen-bond acceptors (Lipinski definition) is 2. The van der Waals surface area contributed by atoms with E-state index in [1.54, 1.807) is 0 Å². The highest BCUT2D eigenvalue weighted by Crippen LogP contribution is 2.20. The van der Waals surface area contributed by atoms with Crippen LogP contribution >= 0.6 is 0 Å². The number of hydrogen-bond donors (Lipinski definition) is 1. The highest BCUT2D eigenvalue weighted by Gasteiger charge is 2.27. The smallest absolute Gasteiger partial charge is 0.254 e. The molecule has 18 heavy (non-hydrogen) atoms. The summed E-state index contributed by atoms with van der Waals surface area (Å²) in [5, 5.41) is 0. The first-order valence-corrected chi connectivity index (χ1v) is 6.40. The number of amides is 1. The molecule has 3 heteroatoms. The Balaban J connectivity index is 2.20. The zero-order chi connectivity index (χ0) is 13.1. The molecule has 1 aromatic carbocycles. The normalized spacial score (nSPS) is 18.7. The van der Waals surface area contributed by atoms with Crippen LogP contribution in [0, 0.1) is 5.92 Å². The van der Waals surface area contributed by atoms with Crippen LogP contribution in [0.15, 0.2) is 36.4 Å². The summed E-state index contributed by atoms with van der Waals surface area (Å²) in [4.78, 5) is 14.4. The summed E-state index contributed by atoms with van der Waals surface area (Å²) >= 11 is 0. The van der Waals surface area contributed by atoms with Gasteiger partial charge in [0.25, 0.3) is 5.91 Å². The molecule has 2 rings (SSSR count). The molecule has 1 amide bonds. The molecule has 1 aromatic rings. The van der Waals surface area contributed by atoms with Gasteiger partial charge in [0.2, 0.25) is 0 Å². The number of rotatable bonds is 3. The van der Waals surface area contributed by atoms with Crippen LogP contribution in [-0.4, -0.2) is 23.4 Å². The van der Waals surface area contributed by atoms with Gasteiger partial charge in [-0.1, -0.05) is 38.1 Å². The second-order valence-corrected chi connectivity index (χ2v) is 5.02. The van der Waals surface area contributed by atoms with E-state index in [9.17, 15) is 4.79 Å². The first-order chi connectivity index (χ1) is 8.63. The van der Waals surface area contributed by atoms with E-state index in [0.717, 1.165) is 11.1 Å². The van der Waals surface area contributed by atoms with Crippen LogP contribution in [0.4, 0.5) is 0 Å². The highest BCUT2D eigenvalue weighted by atomic mass is 16.2. The fraction of sp³-hybridized carbons (Fsp3) is 0.400. The molecular weight excluding hydrogens is 224 g/mol. The molecule has 0 aliphatic carbocycles. The minimum absolute atomic E-state index is 0.0917. The average Bonchev–Trinajstić information content (AvgIpc) is 2.87. The second kappa shape index (κ2) is 5.36. The fourth-order valence-corrected chi connectivity index (χ4v) is 2.34. The molecule has 0 saturated carbocycles. The lowest BCUT2D eigenvalue weighted by Crippen LogP contribution is -2.39. The van der Waals surface area contributed by atoms with Crippen LogP contribution in [0.5, 0.6) is 0 Å². The molecule has 1 heterocycles. The van der Waals surface area contributed by atoms with E-state index < -0.39 is 0 Å². The van der Waals surface area contributed by atoms with Crippen molar-refractivity contribution in [1.82, 2.24) is 4.90 Å². The van der Waals surface area contributed by atoms with Crippen LogP contribution in [-0.2, 0) is 6.54 Å². The van der Waals surface area contributed by atoms with Gasteiger partial charge in [-0.25, -0.2) is 0 Å². The van der Waals surface area contributed by atoms with Crippen molar-refractivity contribution in [3.05, 3.63) is 47.5 Å². The van der Waals surface area contributed by atoms with Crippen molar-refractivity contribution in [1.29, 1.82) is 0 Å². The van der Waals surface area contributed by atoms with E-state index in [4.69, 9.17) is 5.73 Å². The number of benzene rings is 1. The molecule has 0 spiro atoms. The molecule has 0 saturated heterocycles. The van der Waals surface area contributed by atoms with Crippen molar-refractivity contribution in [2.24, 2.45) is 11.7 Å². The molecule has 2 N–H and O–H groups in total. The third kappa shape index (κ3) is 2.46. The van der Waals surface area contributed by atoms with E-state index >= 15 is 0 Å². The van der Waals surface area contributed by atoms with Gasteiger partial charge in [0.15, 0.2) is 0 Å². The van der Waals surface area contributed by atoms with E-state index in [1.165, 1.54) is 0 Å². The summed E-state index contributed by atoms with van der Waals surface area (Å²) in [6.45, 7) is 5.44. The fourth-order valence-electron chi connectivity index (χ4n) is 2.34. The summed E-state index contributed by atoms with van der Waals surface area (Å²) in [6.07, 6.45) is 4.19. The van der Waals surface area contributed by atoms with Crippen molar-refractivity contribution in [2.75, 3.05) is 6.54 Å². The average molecular weight is 244 g/mol. The predicted octanol–water partition coefficient (Wildman–Crippen LogP) is 2.18. The Morgan fingerprint density at radius 2 is 2.28 bits per heavy atom. The van der Waals surface area contributed by atoms with E-state index in [1.807, 2.05) is 29.2 Å². The third-order valence-corrected chi connectivity index (χ3v) is 3.35. The van der Waals surface area contributed by atoms with Gasteiger partial charge in [0.05, 0.1) is 6.04 Å². The van der Waals surface area contributed by atoms with Gasteiger partial charge in [-0.15, -0.1) is 0 Å². The lowest BCUT2D eigenvalue weighted by molar-refractivity contribution is 0.0720. The van der Waals surface area contributed by atoms with Crippen LogP contribution < -0.4 is 5.73 Å². The Morgan fingerprint density at radius 3 is 2.94 bits per heavy atom. The minimum Gasteiger partial charge on any atom is -0.328 e. The van der Waals surface area contributed by atoms with Gasteiger partial charge < -0.3 is 10.6 Å². The Hall–Kier alpha value is -1.61. The van der Waals surface area contributed by atoms with Crippen molar-refractivity contribution in [3.8, 4) is 0 Å². The SMILES string of the molecule is CC(C)[C@@H]1C=CCN1C(=O)c1cccc(CN)c1. The lowest BCUT2D eigenvalue weighted by atomic mass is 10.0. The Kier molecular flexibility index (Phi) is 3.82. The number of nitrogens with zero attached hydrogens (tertiary/aromatic N) is 1. The van der Waals surface area contributed by atoms with Gasteiger partial charge >= 0.3 is 0 Å².